The van der Waals surface area contributed by atoms with E-state index in [0.29, 0.717) is 12.1 Å². The minimum absolute atomic E-state index is 0.192. The van der Waals surface area contributed by atoms with Crippen molar-refractivity contribution in [1.29, 1.82) is 0 Å². The molecular formula is C11H18N4O2. The van der Waals surface area contributed by atoms with E-state index in [1.165, 1.54) is 6.20 Å². The molecule has 0 radical (unpaired) electrons. The summed E-state index contributed by atoms with van der Waals surface area (Å²) in [7, 11) is 1.76. The lowest BCUT2D eigenvalue weighted by Crippen LogP contribution is -2.44. The second-order valence-corrected chi connectivity index (χ2v) is 3.86. The third-order valence-corrected chi connectivity index (χ3v) is 2.57. The van der Waals surface area contributed by atoms with Gasteiger partial charge in [-0.15, -0.1) is 0 Å². The number of likely N-dealkylation sites (N-methyl/N-ethyl adjacent to an activating group) is 1. The highest BCUT2D eigenvalue weighted by Crippen LogP contribution is 2.05. The summed E-state index contributed by atoms with van der Waals surface area (Å²) in [5.41, 5.74) is 1.26. The number of amides is 2. The van der Waals surface area contributed by atoms with E-state index in [-0.39, 0.29) is 11.8 Å². The molecule has 1 heterocycles. The number of carbonyl (C=O) groups excluding carboxylic acids is 2. The van der Waals surface area contributed by atoms with Gasteiger partial charge in [-0.3, -0.25) is 14.3 Å². The standard InChI is InChI=1S/C11H18N4O2/c1-5-12-10(16)7(2)14-11(17)9-6-13-15(4)8(9)3/h6-7H,5H2,1-4H3,(H,12,16)(H,14,17)/t7-/m1/s1. The lowest BCUT2D eigenvalue weighted by Gasteiger charge is -2.12. The zero-order valence-corrected chi connectivity index (χ0v) is 10.6. The molecular weight excluding hydrogens is 220 g/mol. The van der Waals surface area contributed by atoms with Crippen LogP contribution in [0.25, 0.3) is 0 Å². The molecule has 0 aromatic carbocycles. The van der Waals surface area contributed by atoms with E-state index >= 15 is 0 Å². The zero-order valence-electron chi connectivity index (χ0n) is 10.6. The minimum Gasteiger partial charge on any atom is -0.355 e. The van der Waals surface area contributed by atoms with Gasteiger partial charge in [-0.1, -0.05) is 0 Å². The van der Waals surface area contributed by atoms with Crippen molar-refractivity contribution >= 4 is 11.8 Å². The van der Waals surface area contributed by atoms with Crippen molar-refractivity contribution in [3.05, 3.63) is 17.5 Å². The van der Waals surface area contributed by atoms with Crippen molar-refractivity contribution in [2.75, 3.05) is 6.54 Å². The fourth-order valence-corrected chi connectivity index (χ4v) is 1.39. The van der Waals surface area contributed by atoms with Gasteiger partial charge < -0.3 is 10.6 Å². The Bertz CT molecular complexity index is 425. The number of aryl methyl sites for hydroxylation is 1. The Morgan fingerprint density at radius 1 is 1.53 bits per heavy atom. The molecule has 0 fully saturated rings. The molecule has 6 nitrogen and oxygen atoms in total. The summed E-state index contributed by atoms with van der Waals surface area (Å²) >= 11 is 0. The Kier molecular flexibility index (Phi) is 4.25. The molecule has 2 amide bonds. The van der Waals surface area contributed by atoms with E-state index in [1.807, 2.05) is 6.92 Å². The monoisotopic (exact) mass is 238 g/mol. The number of carbonyl (C=O) groups is 2. The first-order valence-corrected chi connectivity index (χ1v) is 5.54. The van der Waals surface area contributed by atoms with Crippen molar-refractivity contribution in [3.8, 4) is 0 Å². The third-order valence-electron chi connectivity index (χ3n) is 2.57. The lowest BCUT2D eigenvalue weighted by atomic mass is 10.2. The van der Waals surface area contributed by atoms with Gasteiger partial charge in [-0.25, -0.2) is 0 Å². The summed E-state index contributed by atoms with van der Waals surface area (Å²) < 4.78 is 1.62. The van der Waals surface area contributed by atoms with Gasteiger partial charge in [0.25, 0.3) is 5.91 Å². The van der Waals surface area contributed by atoms with Crippen LogP contribution in [0.5, 0.6) is 0 Å². The second-order valence-electron chi connectivity index (χ2n) is 3.86. The topological polar surface area (TPSA) is 76.0 Å². The summed E-state index contributed by atoms with van der Waals surface area (Å²) in [6.45, 7) is 5.83. The quantitative estimate of drug-likeness (QED) is 0.774. The van der Waals surface area contributed by atoms with Gasteiger partial charge in [0, 0.05) is 19.3 Å². The summed E-state index contributed by atoms with van der Waals surface area (Å²) in [5.74, 6) is -0.475. The molecule has 17 heavy (non-hydrogen) atoms. The minimum atomic E-state index is -0.554. The largest absolute Gasteiger partial charge is 0.355 e. The summed E-state index contributed by atoms with van der Waals surface area (Å²) in [6.07, 6.45) is 1.50. The summed E-state index contributed by atoms with van der Waals surface area (Å²) in [6, 6.07) is -0.554. The maximum Gasteiger partial charge on any atom is 0.255 e. The Hall–Kier alpha value is -1.85. The number of nitrogens with one attached hydrogen (secondary N) is 2. The molecule has 0 saturated heterocycles. The molecule has 0 bridgehead atoms. The second kappa shape index (κ2) is 5.47. The first kappa shape index (κ1) is 13.2. The fraction of sp³-hybridized carbons (Fsp3) is 0.545. The molecule has 0 saturated carbocycles. The Morgan fingerprint density at radius 3 is 2.65 bits per heavy atom. The normalized spacial score (nSPS) is 12.0. The first-order valence-electron chi connectivity index (χ1n) is 5.54. The SMILES string of the molecule is CCNC(=O)[C@@H](C)NC(=O)c1cnn(C)c1C. The molecule has 6 heteroatoms. The van der Waals surface area contributed by atoms with Crippen LogP contribution in [-0.4, -0.2) is 34.2 Å². The zero-order chi connectivity index (χ0) is 13.0. The van der Waals surface area contributed by atoms with Crippen molar-refractivity contribution in [3.63, 3.8) is 0 Å². The molecule has 1 atom stereocenters. The van der Waals surface area contributed by atoms with Crippen LogP contribution in [0.1, 0.15) is 29.9 Å². The first-order chi connectivity index (χ1) is 7.97. The van der Waals surface area contributed by atoms with Gasteiger partial charge in [0.15, 0.2) is 0 Å². The molecule has 0 aliphatic carbocycles. The van der Waals surface area contributed by atoms with Crippen LogP contribution in [0, 0.1) is 6.92 Å². The molecule has 94 valence electrons. The van der Waals surface area contributed by atoms with Gasteiger partial charge >= 0.3 is 0 Å². The van der Waals surface area contributed by atoms with Gasteiger partial charge in [0.1, 0.15) is 6.04 Å². The maximum atomic E-state index is 11.9. The van der Waals surface area contributed by atoms with E-state index in [2.05, 4.69) is 15.7 Å². The Labute approximate surface area is 100 Å². The average molecular weight is 238 g/mol. The van der Waals surface area contributed by atoms with Crippen molar-refractivity contribution in [1.82, 2.24) is 20.4 Å². The number of hydrogen-bond donors (Lipinski definition) is 2. The van der Waals surface area contributed by atoms with E-state index in [9.17, 15) is 9.59 Å². The molecule has 1 aromatic heterocycles. The summed E-state index contributed by atoms with van der Waals surface area (Å²) in [4.78, 5) is 23.3. The number of hydrogen-bond acceptors (Lipinski definition) is 3. The van der Waals surface area contributed by atoms with Crippen molar-refractivity contribution < 1.29 is 9.59 Å². The molecule has 0 spiro atoms. The number of rotatable bonds is 4. The predicted molar refractivity (Wildman–Crippen MR) is 63.6 cm³/mol. The highest BCUT2D eigenvalue weighted by molar-refractivity contribution is 5.98. The van der Waals surface area contributed by atoms with Crippen LogP contribution in [0.15, 0.2) is 6.20 Å². The lowest BCUT2D eigenvalue weighted by molar-refractivity contribution is -0.122. The Morgan fingerprint density at radius 2 is 2.18 bits per heavy atom. The van der Waals surface area contributed by atoms with Crippen molar-refractivity contribution in [2.24, 2.45) is 7.05 Å². The average Bonchev–Trinajstić information content (AvgIpc) is 2.60. The Balaban J connectivity index is 2.67. The summed E-state index contributed by atoms with van der Waals surface area (Å²) in [5, 5.41) is 9.26. The highest BCUT2D eigenvalue weighted by atomic mass is 16.2. The number of aromatic nitrogens is 2. The molecule has 0 unspecified atom stereocenters. The van der Waals surface area contributed by atoms with Crippen molar-refractivity contribution in [2.45, 2.75) is 26.8 Å². The van der Waals surface area contributed by atoms with Gasteiger partial charge in [0.2, 0.25) is 5.91 Å². The maximum absolute atomic E-state index is 11.9. The van der Waals surface area contributed by atoms with E-state index in [1.54, 1.807) is 25.6 Å². The fourth-order valence-electron chi connectivity index (χ4n) is 1.39. The molecule has 0 aliphatic heterocycles. The van der Waals surface area contributed by atoms with E-state index in [0.717, 1.165) is 5.69 Å². The third kappa shape index (κ3) is 3.05. The van der Waals surface area contributed by atoms with Gasteiger partial charge in [-0.2, -0.15) is 5.10 Å². The van der Waals surface area contributed by atoms with Crippen LogP contribution >= 0.6 is 0 Å². The smallest absolute Gasteiger partial charge is 0.255 e. The van der Waals surface area contributed by atoms with Crippen LogP contribution in [0.2, 0.25) is 0 Å². The predicted octanol–water partition coefficient (Wildman–Crippen LogP) is -0.0171. The van der Waals surface area contributed by atoms with Crippen LogP contribution < -0.4 is 10.6 Å². The van der Waals surface area contributed by atoms with Gasteiger partial charge in [0.05, 0.1) is 11.8 Å². The van der Waals surface area contributed by atoms with Gasteiger partial charge in [-0.05, 0) is 20.8 Å². The molecule has 0 aliphatic rings. The molecule has 1 rings (SSSR count). The highest BCUT2D eigenvalue weighted by Gasteiger charge is 2.18. The number of nitrogens with zero attached hydrogens (tertiary/aromatic N) is 2. The molecule has 2 N–H and O–H groups in total. The van der Waals surface area contributed by atoms with Crippen LogP contribution in [0.3, 0.4) is 0 Å². The van der Waals surface area contributed by atoms with Crippen LogP contribution in [0.4, 0.5) is 0 Å². The van der Waals surface area contributed by atoms with Crippen LogP contribution in [-0.2, 0) is 11.8 Å². The van der Waals surface area contributed by atoms with E-state index < -0.39 is 6.04 Å². The molecule has 1 aromatic rings. The van der Waals surface area contributed by atoms with E-state index in [4.69, 9.17) is 0 Å².